The van der Waals surface area contributed by atoms with Crippen molar-refractivity contribution in [2.24, 2.45) is 0 Å². The van der Waals surface area contributed by atoms with Crippen molar-refractivity contribution in [1.29, 1.82) is 0 Å². The van der Waals surface area contributed by atoms with Gasteiger partial charge in [0.1, 0.15) is 5.75 Å². The van der Waals surface area contributed by atoms with Crippen molar-refractivity contribution in [3.05, 3.63) is 23.8 Å². The number of rotatable bonds is 1. The van der Waals surface area contributed by atoms with Crippen molar-refractivity contribution >= 4 is 5.69 Å². The van der Waals surface area contributed by atoms with E-state index in [4.69, 9.17) is 9.47 Å². The highest BCUT2D eigenvalue weighted by atomic mass is 16.7. The number of hydrogen-bond donors (Lipinski definition) is 1. The SMILES string of the molecule is CNc1cccc2c1COCO2. The van der Waals surface area contributed by atoms with Crippen LogP contribution in [0.1, 0.15) is 5.56 Å². The summed E-state index contributed by atoms with van der Waals surface area (Å²) < 4.78 is 10.5. The van der Waals surface area contributed by atoms with Gasteiger partial charge in [-0.1, -0.05) is 6.07 Å². The molecule has 0 atom stereocenters. The third-order valence-corrected chi connectivity index (χ3v) is 1.95. The van der Waals surface area contributed by atoms with Gasteiger partial charge in [0.2, 0.25) is 0 Å². The van der Waals surface area contributed by atoms with E-state index in [0.29, 0.717) is 13.4 Å². The van der Waals surface area contributed by atoms with Crippen molar-refractivity contribution in [2.75, 3.05) is 19.2 Å². The quantitative estimate of drug-likeness (QED) is 0.685. The Kier molecular flexibility index (Phi) is 1.87. The predicted molar refractivity (Wildman–Crippen MR) is 46.3 cm³/mol. The third-order valence-electron chi connectivity index (χ3n) is 1.95. The maximum Gasteiger partial charge on any atom is 0.189 e. The first-order valence-electron chi connectivity index (χ1n) is 3.92. The fraction of sp³-hybridized carbons (Fsp3) is 0.333. The average molecular weight is 165 g/mol. The molecule has 0 aliphatic carbocycles. The van der Waals surface area contributed by atoms with Crippen molar-refractivity contribution in [2.45, 2.75) is 6.61 Å². The molecule has 0 spiro atoms. The van der Waals surface area contributed by atoms with Crippen molar-refractivity contribution in [3.8, 4) is 5.75 Å². The van der Waals surface area contributed by atoms with Crippen LogP contribution in [0, 0.1) is 0 Å². The van der Waals surface area contributed by atoms with Gasteiger partial charge in [-0.05, 0) is 12.1 Å². The van der Waals surface area contributed by atoms with Gasteiger partial charge in [-0.15, -0.1) is 0 Å². The van der Waals surface area contributed by atoms with Crippen molar-refractivity contribution in [1.82, 2.24) is 0 Å². The Morgan fingerprint density at radius 2 is 2.33 bits per heavy atom. The Bertz CT molecular complexity index is 272. The topological polar surface area (TPSA) is 30.5 Å². The molecule has 0 saturated heterocycles. The molecule has 0 fully saturated rings. The van der Waals surface area contributed by atoms with Gasteiger partial charge in [-0.3, -0.25) is 0 Å². The Morgan fingerprint density at radius 1 is 1.42 bits per heavy atom. The highest BCUT2D eigenvalue weighted by Crippen LogP contribution is 2.29. The summed E-state index contributed by atoms with van der Waals surface area (Å²) in [5.74, 6) is 0.924. The normalized spacial score (nSPS) is 14.8. The monoisotopic (exact) mass is 165 g/mol. The zero-order chi connectivity index (χ0) is 8.39. The third kappa shape index (κ3) is 1.12. The maximum absolute atomic E-state index is 5.30. The number of hydrogen-bond acceptors (Lipinski definition) is 3. The first-order chi connectivity index (χ1) is 5.92. The van der Waals surface area contributed by atoms with Gasteiger partial charge in [-0.25, -0.2) is 0 Å². The van der Waals surface area contributed by atoms with Crippen LogP contribution in [0.5, 0.6) is 5.75 Å². The van der Waals surface area contributed by atoms with Gasteiger partial charge in [-0.2, -0.15) is 0 Å². The summed E-state index contributed by atoms with van der Waals surface area (Å²) in [5.41, 5.74) is 2.18. The maximum atomic E-state index is 5.30. The van der Waals surface area contributed by atoms with Crippen LogP contribution in [-0.4, -0.2) is 13.8 Å². The molecule has 1 N–H and O–H groups in total. The van der Waals surface area contributed by atoms with Crippen LogP contribution >= 0.6 is 0 Å². The van der Waals surface area contributed by atoms with E-state index in [9.17, 15) is 0 Å². The van der Waals surface area contributed by atoms with Crippen LogP contribution < -0.4 is 10.1 Å². The average Bonchev–Trinajstić information content (AvgIpc) is 2.17. The molecule has 3 heteroatoms. The molecule has 1 aromatic rings. The number of ether oxygens (including phenoxy) is 2. The molecule has 0 saturated carbocycles. The molecule has 1 aliphatic heterocycles. The van der Waals surface area contributed by atoms with E-state index in [1.165, 1.54) is 0 Å². The zero-order valence-corrected chi connectivity index (χ0v) is 6.96. The molecule has 1 aliphatic rings. The highest BCUT2D eigenvalue weighted by molar-refractivity contribution is 5.57. The van der Waals surface area contributed by atoms with Crippen LogP contribution in [0.15, 0.2) is 18.2 Å². The van der Waals surface area contributed by atoms with Crippen molar-refractivity contribution in [3.63, 3.8) is 0 Å². The largest absolute Gasteiger partial charge is 0.467 e. The summed E-state index contributed by atoms with van der Waals surface area (Å²) >= 11 is 0. The van der Waals surface area contributed by atoms with E-state index in [0.717, 1.165) is 17.0 Å². The number of anilines is 1. The molecule has 1 heterocycles. The first kappa shape index (κ1) is 7.43. The predicted octanol–water partition coefficient (Wildman–Crippen LogP) is 1.59. The summed E-state index contributed by atoms with van der Waals surface area (Å²) in [6.45, 7) is 0.993. The second kappa shape index (κ2) is 3.03. The van der Waals surface area contributed by atoms with Crippen LogP contribution in [0.25, 0.3) is 0 Å². The van der Waals surface area contributed by atoms with Crippen LogP contribution in [0.2, 0.25) is 0 Å². The second-order valence-corrected chi connectivity index (χ2v) is 2.64. The summed E-state index contributed by atoms with van der Waals surface area (Å²) in [6.07, 6.45) is 0. The van der Waals surface area contributed by atoms with Gasteiger partial charge in [0, 0.05) is 18.3 Å². The molecular weight excluding hydrogens is 154 g/mol. The van der Waals surface area contributed by atoms with Crippen LogP contribution in [-0.2, 0) is 11.3 Å². The smallest absolute Gasteiger partial charge is 0.189 e. The molecule has 0 aromatic heterocycles. The highest BCUT2D eigenvalue weighted by Gasteiger charge is 2.12. The van der Waals surface area contributed by atoms with Gasteiger partial charge >= 0.3 is 0 Å². The fourth-order valence-corrected chi connectivity index (χ4v) is 1.33. The molecule has 12 heavy (non-hydrogen) atoms. The van der Waals surface area contributed by atoms with E-state index < -0.39 is 0 Å². The minimum Gasteiger partial charge on any atom is -0.467 e. The number of fused-ring (bicyclic) bond motifs is 1. The van der Waals surface area contributed by atoms with E-state index in [-0.39, 0.29) is 0 Å². The Balaban J connectivity index is 2.44. The Morgan fingerprint density at radius 3 is 3.17 bits per heavy atom. The fourth-order valence-electron chi connectivity index (χ4n) is 1.33. The lowest BCUT2D eigenvalue weighted by Gasteiger charge is -2.19. The minimum absolute atomic E-state index is 0.361. The van der Waals surface area contributed by atoms with Gasteiger partial charge in [0.25, 0.3) is 0 Å². The summed E-state index contributed by atoms with van der Waals surface area (Å²) in [5, 5.41) is 3.10. The summed E-state index contributed by atoms with van der Waals surface area (Å²) in [6, 6.07) is 5.94. The molecule has 3 nitrogen and oxygen atoms in total. The number of nitrogens with one attached hydrogen (secondary N) is 1. The Labute approximate surface area is 71.3 Å². The first-order valence-corrected chi connectivity index (χ1v) is 3.92. The van der Waals surface area contributed by atoms with Crippen LogP contribution in [0.4, 0.5) is 5.69 Å². The molecule has 0 amide bonds. The van der Waals surface area contributed by atoms with E-state index in [2.05, 4.69) is 5.32 Å². The van der Waals surface area contributed by atoms with E-state index in [1.54, 1.807) is 0 Å². The van der Waals surface area contributed by atoms with Crippen LogP contribution in [0.3, 0.4) is 0 Å². The zero-order valence-electron chi connectivity index (χ0n) is 6.96. The summed E-state index contributed by atoms with van der Waals surface area (Å²) in [7, 11) is 1.89. The summed E-state index contributed by atoms with van der Waals surface area (Å²) in [4.78, 5) is 0. The molecule has 0 bridgehead atoms. The standard InChI is InChI=1S/C9H11NO2/c1-10-8-3-2-4-9-7(8)5-11-6-12-9/h2-4,10H,5-6H2,1H3. The lowest BCUT2D eigenvalue weighted by Crippen LogP contribution is -2.12. The molecule has 1 aromatic carbocycles. The van der Waals surface area contributed by atoms with Gasteiger partial charge in [0.05, 0.1) is 6.61 Å². The van der Waals surface area contributed by atoms with E-state index >= 15 is 0 Å². The van der Waals surface area contributed by atoms with E-state index in [1.807, 2.05) is 25.2 Å². The minimum atomic E-state index is 0.361. The molecule has 64 valence electrons. The molecule has 2 rings (SSSR count). The number of benzene rings is 1. The Hall–Kier alpha value is -1.22. The lowest BCUT2D eigenvalue weighted by molar-refractivity contribution is -0.0159. The van der Waals surface area contributed by atoms with Gasteiger partial charge < -0.3 is 14.8 Å². The lowest BCUT2D eigenvalue weighted by atomic mass is 10.1. The second-order valence-electron chi connectivity index (χ2n) is 2.64. The molecule has 0 unspecified atom stereocenters. The van der Waals surface area contributed by atoms with Gasteiger partial charge in [0.15, 0.2) is 6.79 Å². The van der Waals surface area contributed by atoms with Crippen molar-refractivity contribution < 1.29 is 9.47 Å². The molecular formula is C9H11NO2. The molecule has 0 radical (unpaired) electrons.